The zero-order chi connectivity index (χ0) is 20.1. The van der Waals surface area contributed by atoms with Crippen molar-refractivity contribution in [1.29, 1.82) is 0 Å². The molecule has 1 saturated carbocycles. The average molecular weight is 370 g/mol. The van der Waals surface area contributed by atoms with Crippen LogP contribution in [0.2, 0.25) is 0 Å². The summed E-state index contributed by atoms with van der Waals surface area (Å²) in [4.78, 5) is 61.8. The summed E-state index contributed by atoms with van der Waals surface area (Å²) < 4.78 is 14.8. The van der Waals surface area contributed by atoms with Gasteiger partial charge in [0, 0.05) is 5.92 Å². The zero-order valence-electron chi connectivity index (χ0n) is 15.8. The Morgan fingerprint density at radius 3 is 1.85 bits per heavy atom. The number of carbonyl (C=O) groups is 5. The summed E-state index contributed by atoms with van der Waals surface area (Å²) in [6, 6.07) is 0. The van der Waals surface area contributed by atoms with E-state index in [4.69, 9.17) is 14.2 Å². The Morgan fingerprint density at radius 2 is 1.46 bits per heavy atom. The van der Waals surface area contributed by atoms with Crippen LogP contribution >= 0.6 is 0 Å². The number of Topliss-reactive ketones (excluding diaryl/α,β-unsaturated/α-hetero) is 1. The number of ether oxygens (including phenoxy) is 3. The fourth-order valence-corrected chi connectivity index (χ4v) is 3.52. The van der Waals surface area contributed by atoms with Gasteiger partial charge < -0.3 is 19.0 Å². The Labute approximate surface area is 152 Å². The van der Waals surface area contributed by atoms with Crippen LogP contribution in [0.25, 0.3) is 0 Å². The second-order valence-corrected chi connectivity index (χ2v) is 6.58. The topological polar surface area (TPSA) is 113 Å². The number of esters is 3. The van der Waals surface area contributed by atoms with Gasteiger partial charge in [-0.2, -0.15) is 0 Å². The minimum absolute atomic E-state index is 0.00783. The molecule has 0 radical (unpaired) electrons. The first-order valence-electron chi connectivity index (χ1n) is 8.67. The first kappa shape index (κ1) is 21.8. The predicted octanol–water partition coefficient (Wildman–Crippen LogP) is 0.948. The molecule has 0 aromatic heterocycles. The second-order valence-electron chi connectivity index (χ2n) is 6.58. The van der Waals surface area contributed by atoms with Crippen molar-refractivity contribution < 1.29 is 38.2 Å². The lowest BCUT2D eigenvalue weighted by molar-refractivity contribution is -0.167. The van der Waals surface area contributed by atoms with Crippen LogP contribution in [-0.4, -0.2) is 49.8 Å². The molecule has 0 N–H and O–H groups in total. The van der Waals surface area contributed by atoms with Crippen molar-refractivity contribution in [2.45, 2.75) is 34.6 Å². The molecular formula is C18H26O8. The van der Waals surface area contributed by atoms with Crippen molar-refractivity contribution >= 4 is 30.0 Å². The van der Waals surface area contributed by atoms with Crippen molar-refractivity contribution in [3.63, 3.8) is 0 Å². The van der Waals surface area contributed by atoms with E-state index in [1.54, 1.807) is 34.6 Å². The summed E-state index contributed by atoms with van der Waals surface area (Å²) in [6.07, 6.45) is 0.507. The summed E-state index contributed by atoms with van der Waals surface area (Å²) in [5.74, 6) is -8.59. The first-order valence-corrected chi connectivity index (χ1v) is 8.67. The van der Waals surface area contributed by atoms with Gasteiger partial charge in [-0.3, -0.25) is 19.2 Å². The average Bonchev–Trinajstić information content (AvgIpc) is 2.74. The normalized spacial score (nSPS) is 24.2. The van der Waals surface area contributed by atoms with E-state index in [1.165, 1.54) is 0 Å². The van der Waals surface area contributed by atoms with Gasteiger partial charge >= 0.3 is 17.9 Å². The Bertz CT molecular complexity index is 562. The van der Waals surface area contributed by atoms with Crippen LogP contribution in [0.5, 0.6) is 0 Å². The Morgan fingerprint density at radius 1 is 1.00 bits per heavy atom. The maximum Gasteiger partial charge on any atom is 0.321 e. The van der Waals surface area contributed by atoms with Crippen LogP contribution in [0.1, 0.15) is 34.6 Å². The van der Waals surface area contributed by atoms with Crippen LogP contribution in [0.3, 0.4) is 0 Å². The zero-order valence-corrected chi connectivity index (χ0v) is 15.8. The first-order chi connectivity index (χ1) is 12.2. The maximum atomic E-state index is 13.0. The van der Waals surface area contributed by atoms with Gasteiger partial charge in [-0.25, -0.2) is 0 Å². The Balaban J connectivity index is 3.41. The minimum Gasteiger partial charge on any atom is -0.465 e. The molecule has 1 aliphatic rings. The third-order valence-corrected chi connectivity index (χ3v) is 4.71. The molecule has 146 valence electrons. The number of aldehydes is 1. The molecule has 1 rings (SSSR count). The quantitative estimate of drug-likeness (QED) is 0.269. The van der Waals surface area contributed by atoms with E-state index in [9.17, 15) is 24.0 Å². The number of rotatable bonds is 8. The van der Waals surface area contributed by atoms with Crippen LogP contribution in [-0.2, 0) is 38.2 Å². The Kier molecular flexibility index (Phi) is 7.47. The van der Waals surface area contributed by atoms with E-state index in [0.717, 1.165) is 0 Å². The van der Waals surface area contributed by atoms with E-state index in [-0.39, 0.29) is 19.8 Å². The molecule has 0 aromatic rings. The monoisotopic (exact) mass is 370 g/mol. The summed E-state index contributed by atoms with van der Waals surface area (Å²) in [7, 11) is 0. The molecule has 0 aliphatic heterocycles. The highest BCUT2D eigenvalue weighted by atomic mass is 16.6. The van der Waals surface area contributed by atoms with Gasteiger partial charge in [0.25, 0.3) is 0 Å². The molecule has 26 heavy (non-hydrogen) atoms. The molecular weight excluding hydrogens is 344 g/mol. The van der Waals surface area contributed by atoms with Crippen molar-refractivity contribution in [2.24, 2.45) is 29.1 Å². The van der Waals surface area contributed by atoms with Gasteiger partial charge in [0.15, 0.2) is 11.7 Å². The Hall–Kier alpha value is -2.25. The third kappa shape index (κ3) is 3.94. The molecule has 0 bridgehead atoms. The highest BCUT2D eigenvalue weighted by molar-refractivity contribution is 6.09. The second kappa shape index (κ2) is 8.91. The number of ketones is 1. The van der Waals surface area contributed by atoms with Crippen molar-refractivity contribution in [1.82, 2.24) is 0 Å². The van der Waals surface area contributed by atoms with Crippen LogP contribution < -0.4 is 0 Å². The maximum absolute atomic E-state index is 13.0. The van der Waals surface area contributed by atoms with Gasteiger partial charge in [0.05, 0.1) is 25.7 Å². The molecule has 0 heterocycles. The van der Waals surface area contributed by atoms with E-state index in [1.807, 2.05) is 0 Å². The van der Waals surface area contributed by atoms with Crippen LogP contribution in [0.15, 0.2) is 0 Å². The molecule has 3 atom stereocenters. The van der Waals surface area contributed by atoms with Crippen molar-refractivity contribution in [3.8, 4) is 0 Å². The summed E-state index contributed by atoms with van der Waals surface area (Å²) in [6.45, 7) is 7.89. The molecule has 0 spiro atoms. The van der Waals surface area contributed by atoms with E-state index < -0.39 is 52.8 Å². The third-order valence-electron chi connectivity index (χ3n) is 4.71. The van der Waals surface area contributed by atoms with Crippen molar-refractivity contribution in [2.75, 3.05) is 19.8 Å². The molecule has 1 aliphatic carbocycles. The van der Waals surface area contributed by atoms with Crippen LogP contribution in [0.4, 0.5) is 0 Å². The molecule has 8 nitrogen and oxygen atoms in total. The number of hydrogen-bond donors (Lipinski definition) is 0. The molecule has 0 saturated heterocycles. The van der Waals surface area contributed by atoms with Gasteiger partial charge in [0.1, 0.15) is 12.2 Å². The molecule has 0 unspecified atom stereocenters. The van der Waals surface area contributed by atoms with Gasteiger partial charge in [-0.1, -0.05) is 13.8 Å². The summed E-state index contributed by atoms with van der Waals surface area (Å²) in [5.41, 5.74) is -1.12. The summed E-state index contributed by atoms with van der Waals surface area (Å²) in [5, 5.41) is 0. The summed E-state index contributed by atoms with van der Waals surface area (Å²) >= 11 is 0. The fourth-order valence-electron chi connectivity index (χ4n) is 3.52. The minimum atomic E-state index is -1.60. The fraction of sp³-hybridized carbons (Fsp3) is 0.722. The van der Waals surface area contributed by atoms with Crippen LogP contribution in [0, 0.1) is 29.1 Å². The van der Waals surface area contributed by atoms with E-state index in [2.05, 4.69) is 0 Å². The highest BCUT2D eigenvalue weighted by Crippen LogP contribution is 2.51. The molecule has 8 heteroatoms. The van der Waals surface area contributed by atoms with Gasteiger partial charge in [-0.05, 0) is 26.2 Å². The standard InChI is InChI=1S/C18H26O8/c1-6-24-15(21)12(16(22)25-7-2)11-10(9-19)18(4,5)13(14(11)20)17(23)26-8-3/h9-13H,6-8H2,1-5H3/t10-,11+,13-/m0/s1. The lowest BCUT2D eigenvalue weighted by Crippen LogP contribution is -2.41. The molecule has 0 amide bonds. The van der Waals surface area contributed by atoms with E-state index >= 15 is 0 Å². The number of hydrogen-bond acceptors (Lipinski definition) is 8. The van der Waals surface area contributed by atoms with Gasteiger partial charge in [0.2, 0.25) is 0 Å². The molecule has 1 fully saturated rings. The van der Waals surface area contributed by atoms with E-state index in [0.29, 0.717) is 6.29 Å². The lowest BCUT2D eigenvalue weighted by Gasteiger charge is -2.29. The smallest absolute Gasteiger partial charge is 0.321 e. The lowest BCUT2D eigenvalue weighted by atomic mass is 9.73. The SMILES string of the molecule is CCOC(=O)C(C(=O)OCC)[C@@H]1C(=O)[C@@H](C(=O)OCC)C(C)(C)[C@H]1C=O. The molecule has 0 aromatic carbocycles. The van der Waals surface area contributed by atoms with Gasteiger partial charge in [-0.15, -0.1) is 0 Å². The number of carbonyl (C=O) groups excluding carboxylic acids is 5. The predicted molar refractivity (Wildman–Crippen MR) is 88.7 cm³/mol. The highest BCUT2D eigenvalue weighted by Gasteiger charge is 2.63. The van der Waals surface area contributed by atoms with Crippen molar-refractivity contribution in [3.05, 3.63) is 0 Å². The largest absolute Gasteiger partial charge is 0.465 e.